The second-order valence-corrected chi connectivity index (χ2v) is 9.84. The van der Waals surface area contributed by atoms with Crippen LogP contribution in [-0.4, -0.2) is 39.7 Å². The van der Waals surface area contributed by atoms with Gasteiger partial charge in [0, 0.05) is 42.7 Å². The van der Waals surface area contributed by atoms with Crippen molar-refractivity contribution in [2.45, 2.75) is 18.4 Å². The number of nitrogens with one attached hydrogen (secondary N) is 3. The van der Waals surface area contributed by atoms with Crippen molar-refractivity contribution in [2.24, 2.45) is 0 Å². The van der Waals surface area contributed by atoms with Crippen molar-refractivity contribution >= 4 is 58.0 Å². The third kappa shape index (κ3) is 5.66. The minimum absolute atomic E-state index is 0.197. The molecule has 0 bridgehead atoms. The molecule has 0 saturated carbocycles. The van der Waals surface area contributed by atoms with E-state index in [4.69, 9.17) is 29.2 Å². The quantitative estimate of drug-likeness (QED) is 0.360. The summed E-state index contributed by atoms with van der Waals surface area (Å²) >= 11 is 10.7. The van der Waals surface area contributed by atoms with Crippen LogP contribution in [0.2, 0.25) is 0 Å². The molecule has 1 fully saturated rings. The monoisotopic (exact) mass is 550 g/mol. The van der Waals surface area contributed by atoms with Crippen molar-refractivity contribution in [3.63, 3.8) is 0 Å². The second kappa shape index (κ2) is 10.8. The third-order valence-corrected chi connectivity index (χ3v) is 7.07. The van der Waals surface area contributed by atoms with Crippen molar-refractivity contribution < 1.29 is 18.3 Å². The highest BCUT2D eigenvalue weighted by atomic mass is 32.1. The molecule has 1 amide bonds. The Morgan fingerprint density at radius 2 is 1.63 bits per heavy atom. The van der Waals surface area contributed by atoms with E-state index in [-0.39, 0.29) is 21.8 Å². The van der Waals surface area contributed by atoms with E-state index in [1.54, 1.807) is 24.3 Å². The highest BCUT2D eigenvalue weighted by molar-refractivity contribution is 7.80. The summed E-state index contributed by atoms with van der Waals surface area (Å²) in [5.74, 6) is -0.931. The summed E-state index contributed by atoms with van der Waals surface area (Å²) in [7, 11) is 0. The Bertz CT molecular complexity index is 1400. The molecule has 38 heavy (non-hydrogen) atoms. The van der Waals surface area contributed by atoms with Crippen molar-refractivity contribution in [1.29, 1.82) is 0 Å². The highest BCUT2D eigenvalue weighted by Gasteiger charge is 2.37. The Hall–Kier alpha value is -3.89. The van der Waals surface area contributed by atoms with Crippen LogP contribution < -0.4 is 20.7 Å². The molecule has 0 aliphatic carbocycles. The van der Waals surface area contributed by atoms with Gasteiger partial charge < -0.3 is 20.3 Å². The fourth-order valence-electron chi connectivity index (χ4n) is 4.43. The van der Waals surface area contributed by atoms with Crippen molar-refractivity contribution in [3.8, 4) is 5.75 Å². The standard InChI is InChI=1S/C28H24F2N4O2S2/c29-21-7-4-8-22(30)24(21)32-27(38)34-15-13-28(14-16-34)12-11-19-17-20(9-10-23(19)36-28)31-26(37)33-25(35)18-5-2-1-3-6-18/h1-12,17H,13-16H2,(H,32,38)(H2,31,33,35,37). The van der Waals surface area contributed by atoms with E-state index in [1.807, 2.05) is 41.3 Å². The average molecular weight is 551 g/mol. The zero-order valence-electron chi connectivity index (χ0n) is 20.2. The van der Waals surface area contributed by atoms with Crippen LogP contribution in [0.25, 0.3) is 6.08 Å². The molecule has 0 radical (unpaired) electrons. The number of likely N-dealkylation sites (tertiary alicyclic amines) is 1. The van der Waals surface area contributed by atoms with Crippen molar-refractivity contribution in [1.82, 2.24) is 10.2 Å². The third-order valence-electron chi connectivity index (χ3n) is 6.50. The van der Waals surface area contributed by atoms with Crippen LogP contribution in [0.15, 0.2) is 72.8 Å². The lowest BCUT2D eigenvalue weighted by Gasteiger charge is -2.42. The molecular formula is C28H24F2N4O2S2. The lowest BCUT2D eigenvalue weighted by atomic mass is 9.88. The summed E-state index contributed by atoms with van der Waals surface area (Å²) in [6.45, 7) is 1.13. The first-order valence-corrected chi connectivity index (χ1v) is 12.8. The number of fused-ring (bicyclic) bond motifs is 1. The number of ether oxygens (including phenoxy) is 1. The van der Waals surface area contributed by atoms with Gasteiger partial charge in [-0.2, -0.15) is 0 Å². The van der Waals surface area contributed by atoms with Gasteiger partial charge in [0.25, 0.3) is 5.91 Å². The maximum absolute atomic E-state index is 14.0. The highest BCUT2D eigenvalue weighted by Crippen LogP contribution is 2.38. The number of piperidine rings is 1. The molecule has 2 heterocycles. The number of rotatable bonds is 3. The first-order valence-electron chi connectivity index (χ1n) is 12.0. The number of thiocarbonyl (C=S) groups is 2. The molecule has 3 N–H and O–H groups in total. The molecule has 10 heteroatoms. The van der Waals surface area contributed by atoms with Crippen molar-refractivity contribution in [2.75, 3.05) is 23.7 Å². The van der Waals surface area contributed by atoms with Gasteiger partial charge >= 0.3 is 0 Å². The fourth-order valence-corrected chi connectivity index (χ4v) is 4.93. The Balaban J connectivity index is 1.17. The minimum Gasteiger partial charge on any atom is -0.482 e. The molecule has 3 aromatic carbocycles. The largest absolute Gasteiger partial charge is 0.482 e. The lowest BCUT2D eigenvalue weighted by Crippen LogP contribution is -2.50. The van der Waals surface area contributed by atoms with Gasteiger partial charge in [0.05, 0.1) is 0 Å². The molecule has 6 nitrogen and oxygen atoms in total. The van der Waals surface area contributed by atoms with Gasteiger partial charge in [-0.3, -0.25) is 10.1 Å². The Morgan fingerprint density at radius 1 is 0.921 bits per heavy atom. The topological polar surface area (TPSA) is 65.6 Å². The predicted octanol–water partition coefficient (Wildman–Crippen LogP) is 5.73. The van der Waals surface area contributed by atoms with Gasteiger partial charge in [-0.1, -0.05) is 30.3 Å². The number of amides is 1. The molecule has 0 unspecified atom stereocenters. The van der Waals surface area contributed by atoms with E-state index in [1.165, 1.54) is 18.2 Å². The van der Waals surface area contributed by atoms with Gasteiger partial charge in [0.1, 0.15) is 28.7 Å². The number of hydrogen-bond acceptors (Lipinski definition) is 4. The first kappa shape index (κ1) is 25.7. The van der Waals surface area contributed by atoms with Gasteiger partial charge in [-0.25, -0.2) is 8.78 Å². The zero-order valence-corrected chi connectivity index (χ0v) is 21.8. The van der Waals surface area contributed by atoms with E-state index >= 15 is 0 Å². The van der Waals surface area contributed by atoms with Crippen LogP contribution >= 0.6 is 24.4 Å². The first-order chi connectivity index (χ1) is 18.3. The van der Waals surface area contributed by atoms with E-state index in [0.717, 1.165) is 17.0 Å². The second-order valence-electron chi connectivity index (χ2n) is 9.04. The molecule has 5 rings (SSSR count). The molecule has 0 atom stereocenters. The van der Waals surface area contributed by atoms with E-state index < -0.39 is 17.2 Å². The number of anilines is 2. The number of benzene rings is 3. The number of carbonyl (C=O) groups is 1. The van der Waals surface area contributed by atoms with Crippen LogP contribution in [0.1, 0.15) is 28.8 Å². The summed E-state index contributed by atoms with van der Waals surface area (Å²) in [5, 5.41) is 8.89. The molecule has 1 saturated heterocycles. The SMILES string of the molecule is O=C(NC(=S)Nc1ccc2c(c1)C=CC1(CCN(C(=S)Nc3c(F)cccc3F)CC1)O2)c1ccccc1. The average Bonchev–Trinajstić information content (AvgIpc) is 2.92. The van der Waals surface area contributed by atoms with Gasteiger partial charge in [-0.15, -0.1) is 0 Å². The molecule has 0 aromatic heterocycles. The zero-order chi connectivity index (χ0) is 26.7. The molecule has 1 spiro atoms. The molecule has 3 aromatic rings. The molecule has 194 valence electrons. The number of carbonyl (C=O) groups excluding carboxylic acids is 1. The van der Waals surface area contributed by atoms with Gasteiger partial charge in [-0.05, 0) is 73.0 Å². The fraction of sp³-hybridized carbons (Fsp3) is 0.179. The Morgan fingerprint density at radius 3 is 2.34 bits per heavy atom. The predicted molar refractivity (Wildman–Crippen MR) is 152 cm³/mol. The molecule has 2 aliphatic rings. The summed E-state index contributed by atoms with van der Waals surface area (Å²) in [5.41, 5.74) is 1.39. The molecular weight excluding hydrogens is 526 g/mol. The lowest BCUT2D eigenvalue weighted by molar-refractivity contribution is 0.0594. The number of nitrogens with zero attached hydrogens (tertiary/aromatic N) is 1. The smallest absolute Gasteiger partial charge is 0.257 e. The molecule has 2 aliphatic heterocycles. The minimum atomic E-state index is -0.691. The van der Waals surface area contributed by atoms with Crippen LogP contribution in [0.4, 0.5) is 20.2 Å². The van der Waals surface area contributed by atoms with E-state index in [2.05, 4.69) is 16.0 Å². The maximum atomic E-state index is 14.0. The van der Waals surface area contributed by atoms with E-state index in [0.29, 0.717) is 31.5 Å². The summed E-state index contributed by atoms with van der Waals surface area (Å²) in [6.07, 6.45) is 5.36. The van der Waals surface area contributed by atoms with Crippen LogP contribution in [0, 0.1) is 11.6 Å². The van der Waals surface area contributed by atoms with E-state index in [9.17, 15) is 13.6 Å². The van der Waals surface area contributed by atoms with Crippen LogP contribution in [0.5, 0.6) is 5.75 Å². The van der Waals surface area contributed by atoms with Gasteiger partial charge in [0.2, 0.25) is 0 Å². The van der Waals surface area contributed by atoms with Gasteiger partial charge in [0.15, 0.2) is 10.2 Å². The summed E-state index contributed by atoms with van der Waals surface area (Å²) in [6, 6.07) is 18.1. The Labute approximate surface area is 229 Å². The Kier molecular flexibility index (Phi) is 7.35. The number of hydrogen-bond donors (Lipinski definition) is 3. The summed E-state index contributed by atoms with van der Waals surface area (Å²) in [4.78, 5) is 14.2. The van der Waals surface area contributed by atoms with Crippen molar-refractivity contribution in [3.05, 3.63) is 95.6 Å². The maximum Gasteiger partial charge on any atom is 0.257 e. The normalized spacial score (nSPS) is 15.3. The number of para-hydroxylation sites is 1. The van der Waals surface area contributed by atoms with Crippen LogP contribution in [0.3, 0.4) is 0 Å². The van der Waals surface area contributed by atoms with Crippen LogP contribution in [-0.2, 0) is 0 Å². The number of halogens is 2. The summed E-state index contributed by atoms with van der Waals surface area (Å²) < 4.78 is 34.4.